The fraction of sp³-hybridized carbons (Fsp3) is 0.188. The van der Waals surface area contributed by atoms with E-state index in [4.69, 9.17) is 10.5 Å². The van der Waals surface area contributed by atoms with Crippen LogP contribution >= 0.6 is 0 Å². The number of hydrogen-bond acceptors (Lipinski definition) is 6. The third kappa shape index (κ3) is 5.16. The molecule has 0 fully saturated rings. The van der Waals surface area contributed by atoms with Crippen molar-refractivity contribution in [3.05, 3.63) is 95.1 Å². The van der Waals surface area contributed by atoms with E-state index in [2.05, 4.69) is 41.0 Å². The number of fused-ring (bicyclic) bond motifs is 1. The van der Waals surface area contributed by atoms with Gasteiger partial charge in [-0.2, -0.15) is 4.98 Å². The van der Waals surface area contributed by atoms with Crippen LogP contribution < -0.4 is 11.1 Å². The van der Waals surface area contributed by atoms with Crippen molar-refractivity contribution >= 4 is 34.5 Å². The number of hydrogen-bond donors (Lipinski definition) is 3. The number of amides is 1. The van der Waals surface area contributed by atoms with Gasteiger partial charge in [-0.1, -0.05) is 57.2 Å². The van der Waals surface area contributed by atoms with Crippen molar-refractivity contribution in [2.24, 2.45) is 0 Å². The molecule has 0 saturated carbocycles. The SMILES string of the molecule is COC(=O)c1ccc(-c2cc3c(-c4cccc(NC(=O)c5ccc(C(C)(C)C)cc5)c4C)nc(N)nc3[nH]2)cc1. The highest BCUT2D eigenvalue weighted by Gasteiger charge is 2.18. The van der Waals surface area contributed by atoms with Crippen LogP contribution in [0.15, 0.2) is 72.8 Å². The summed E-state index contributed by atoms with van der Waals surface area (Å²) in [5.41, 5.74) is 13.6. The zero-order chi connectivity index (χ0) is 28.6. The van der Waals surface area contributed by atoms with Gasteiger partial charge < -0.3 is 20.8 Å². The summed E-state index contributed by atoms with van der Waals surface area (Å²) in [6, 6.07) is 22.4. The number of nitrogens with zero attached hydrogens (tertiary/aromatic N) is 2. The van der Waals surface area contributed by atoms with Gasteiger partial charge in [-0.25, -0.2) is 9.78 Å². The predicted molar refractivity (Wildman–Crippen MR) is 158 cm³/mol. The van der Waals surface area contributed by atoms with Crippen LogP contribution in [0.5, 0.6) is 0 Å². The summed E-state index contributed by atoms with van der Waals surface area (Å²) < 4.78 is 4.79. The average Bonchev–Trinajstić information content (AvgIpc) is 3.37. The van der Waals surface area contributed by atoms with Crippen LogP contribution in [0.25, 0.3) is 33.5 Å². The minimum absolute atomic E-state index is 0.00918. The number of benzene rings is 3. The molecule has 5 rings (SSSR count). The minimum atomic E-state index is -0.395. The van der Waals surface area contributed by atoms with Gasteiger partial charge in [-0.05, 0) is 65.4 Å². The van der Waals surface area contributed by atoms with Crippen molar-refractivity contribution in [2.75, 3.05) is 18.2 Å². The second-order valence-corrected chi connectivity index (χ2v) is 10.7. The zero-order valence-corrected chi connectivity index (χ0v) is 23.1. The molecular formula is C32H31N5O3. The van der Waals surface area contributed by atoms with Crippen LogP contribution in [0.3, 0.4) is 0 Å². The van der Waals surface area contributed by atoms with E-state index in [0.717, 1.165) is 33.3 Å². The molecule has 0 aliphatic heterocycles. The second-order valence-electron chi connectivity index (χ2n) is 10.7. The van der Waals surface area contributed by atoms with E-state index < -0.39 is 5.97 Å². The van der Waals surface area contributed by atoms with Gasteiger partial charge in [-0.3, -0.25) is 4.79 Å². The smallest absolute Gasteiger partial charge is 0.337 e. The Bertz CT molecular complexity index is 1730. The van der Waals surface area contributed by atoms with Gasteiger partial charge in [0, 0.05) is 27.9 Å². The molecule has 0 aliphatic carbocycles. The van der Waals surface area contributed by atoms with Gasteiger partial charge in [-0.15, -0.1) is 0 Å². The number of esters is 1. The number of nitrogens with two attached hydrogens (primary N) is 1. The van der Waals surface area contributed by atoms with Crippen LogP contribution in [0.4, 0.5) is 11.6 Å². The van der Waals surface area contributed by atoms with Crippen molar-refractivity contribution in [3.8, 4) is 22.5 Å². The third-order valence-electron chi connectivity index (χ3n) is 6.97. The highest BCUT2D eigenvalue weighted by molar-refractivity contribution is 6.05. The molecule has 5 aromatic rings. The topological polar surface area (TPSA) is 123 Å². The first-order chi connectivity index (χ1) is 19.0. The highest BCUT2D eigenvalue weighted by Crippen LogP contribution is 2.35. The Balaban J connectivity index is 1.48. The molecule has 1 amide bonds. The molecule has 40 heavy (non-hydrogen) atoms. The number of methoxy groups -OCH3 is 1. The molecule has 0 aliphatic rings. The maximum absolute atomic E-state index is 13.1. The molecule has 0 unspecified atom stereocenters. The number of aromatic amines is 1. The molecule has 0 atom stereocenters. The number of rotatable bonds is 5. The Morgan fingerprint density at radius 3 is 2.25 bits per heavy atom. The number of carbonyl (C=O) groups is 2. The molecule has 8 heteroatoms. The highest BCUT2D eigenvalue weighted by atomic mass is 16.5. The first kappa shape index (κ1) is 26.6. The van der Waals surface area contributed by atoms with Gasteiger partial charge in [0.1, 0.15) is 5.65 Å². The van der Waals surface area contributed by atoms with Gasteiger partial charge in [0.15, 0.2) is 0 Å². The normalized spacial score (nSPS) is 11.4. The second kappa shape index (κ2) is 10.3. The van der Waals surface area contributed by atoms with E-state index in [1.165, 1.54) is 7.11 Å². The fourth-order valence-electron chi connectivity index (χ4n) is 4.63. The van der Waals surface area contributed by atoms with Gasteiger partial charge in [0.2, 0.25) is 5.95 Å². The van der Waals surface area contributed by atoms with E-state index in [-0.39, 0.29) is 17.3 Å². The van der Waals surface area contributed by atoms with E-state index in [0.29, 0.717) is 28.2 Å². The number of aromatic nitrogens is 3. The summed E-state index contributed by atoms with van der Waals surface area (Å²) >= 11 is 0. The van der Waals surface area contributed by atoms with Crippen molar-refractivity contribution in [2.45, 2.75) is 33.1 Å². The number of nitrogens with one attached hydrogen (secondary N) is 2. The quantitative estimate of drug-likeness (QED) is 0.221. The zero-order valence-electron chi connectivity index (χ0n) is 23.1. The van der Waals surface area contributed by atoms with Crippen molar-refractivity contribution in [3.63, 3.8) is 0 Å². The molecule has 202 valence electrons. The van der Waals surface area contributed by atoms with E-state index >= 15 is 0 Å². The van der Waals surface area contributed by atoms with Crippen LogP contribution in [0.1, 0.15) is 52.6 Å². The Morgan fingerprint density at radius 2 is 1.60 bits per heavy atom. The standard InChI is InChI=1S/C32H31N5O3/c1-18-23(7-6-8-25(18)35-29(38)20-13-15-22(16-14-20)32(2,3)4)27-24-17-26(34-28(24)37-31(33)36-27)19-9-11-21(12-10-19)30(39)40-5/h6-17H,1-5H3,(H,35,38)(H3,33,34,36,37). The number of carbonyl (C=O) groups excluding carboxylic acids is 2. The average molecular weight is 534 g/mol. The lowest BCUT2D eigenvalue weighted by Gasteiger charge is -2.19. The lowest BCUT2D eigenvalue weighted by molar-refractivity contribution is 0.0600. The number of anilines is 2. The first-order valence-corrected chi connectivity index (χ1v) is 12.9. The molecule has 3 aromatic carbocycles. The molecule has 0 saturated heterocycles. The minimum Gasteiger partial charge on any atom is -0.465 e. The van der Waals surface area contributed by atoms with Gasteiger partial charge in [0.05, 0.1) is 18.4 Å². The van der Waals surface area contributed by atoms with E-state index in [1.807, 2.05) is 67.6 Å². The van der Waals surface area contributed by atoms with E-state index in [1.54, 1.807) is 12.1 Å². The maximum Gasteiger partial charge on any atom is 0.337 e. The Morgan fingerprint density at radius 1 is 0.925 bits per heavy atom. The molecule has 0 bridgehead atoms. The first-order valence-electron chi connectivity index (χ1n) is 12.9. The van der Waals surface area contributed by atoms with Gasteiger partial charge in [0.25, 0.3) is 5.91 Å². The summed E-state index contributed by atoms with van der Waals surface area (Å²) in [6.45, 7) is 8.36. The molecule has 0 radical (unpaired) electrons. The lowest BCUT2D eigenvalue weighted by atomic mass is 9.86. The molecule has 2 aromatic heterocycles. The van der Waals surface area contributed by atoms with Crippen LogP contribution in [0.2, 0.25) is 0 Å². The van der Waals surface area contributed by atoms with E-state index in [9.17, 15) is 9.59 Å². The summed E-state index contributed by atoms with van der Waals surface area (Å²) in [5, 5.41) is 3.83. The Labute approximate surface area is 232 Å². The van der Waals surface area contributed by atoms with Crippen LogP contribution in [0, 0.1) is 6.92 Å². The Kier molecular flexibility index (Phi) is 6.85. The van der Waals surface area contributed by atoms with Crippen molar-refractivity contribution in [1.82, 2.24) is 15.0 Å². The lowest BCUT2D eigenvalue weighted by Crippen LogP contribution is -2.15. The number of H-pyrrole nitrogens is 1. The molecule has 0 spiro atoms. The molecular weight excluding hydrogens is 502 g/mol. The predicted octanol–water partition coefficient (Wildman–Crippen LogP) is 6.52. The molecule has 4 N–H and O–H groups in total. The summed E-state index contributed by atoms with van der Waals surface area (Å²) in [5.74, 6) is -0.453. The third-order valence-corrected chi connectivity index (χ3v) is 6.97. The van der Waals surface area contributed by atoms with Crippen molar-refractivity contribution in [1.29, 1.82) is 0 Å². The van der Waals surface area contributed by atoms with Crippen LogP contribution in [-0.2, 0) is 10.2 Å². The monoisotopic (exact) mass is 533 g/mol. The number of ether oxygens (including phenoxy) is 1. The number of nitrogen functional groups attached to an aromatic ring is 1. The maximum atomic E-state index is 13.1. The summed E-state index contributed by atoms with van der Waals surface area (Å²) in [4.78, 5) is 37.2. The summed E-state index contributed by atoms with van der Waals surface area (Å²) in [6.07, 6.45) is 0. The Hall–Kier alpha value is -4.98. The summed E-state index contributed by atoms with van der Waals surface area (Å²) in [7, 11) is 1.35. The largest absolute Gasteiger partial charge is 0.465 e. The van der Waals surface area contributed by atoms with Crippen LogP contribution in [-0.4, -0.2) is 33.9 Å². The molecule has 2 heterocycles. The fourth-order valence-corrected chi connectivity index (χ4v) is 4.63. The molecule has 8 nitrogen and oxygen atoms in total. The van der Waals surface area contributed by atoms with Crippen molar-refractivity contribution < 1.29 is 14.3 Å². The van der Waals surface area contributed by atoms with Gasteiger partial charge >= 0.3 is 5.97 Å².